The number of para-hydroxylation sites is 1. The highest BCUT2D eigenvalue weighted by atomic mass is 16.2. The fourth-order valence-corrected chi connectivity index (χ4v) is 3.01. The Balaban J connectivity index is 1.67. The second kappa shape index (κ2) is 9.15. The zero-order chi connectivity index (χ0) is 17.4. The van der Waals surface area contributed by atoms with E-state index in [9.17, 15) is 9.59 Å². The third-order valence-electron chi connectivity index (χ3n) is 4.39. The lowest BCUT2D eigenvalue weighted by atomic mass is 10.3. The molecule has 0 bridgehead atoms. The van der Waals surface area contributed by atoms with Crippen molar-refractivity contribution in [3.8, 4) is 0 Å². The van der Waals surface area contributed by atoms with Crippen LogP contribution in [-0.4, -0.2) is 55.6 Å². The van der Waals surface area contributed by atoms with E-state index in [1.165, 1.54) is 5.69 Å². The molecule has 1 atom stereocenters. The molecule has 1 heterocycles. The largest absolute Gasteiger partial charge is 0.369 e. The topological polar surface area (TPSA) is 64.7 Å². The third kappa shape index (κ3) is 5.15. The number of urea groups is 1. The summed E-state index contributed by atoms with van der Waals surface area (Å²) >= 11 is 0. The molecule has 0 radical (unpaired) electrons. The van der Waals surface area contributed by atoms with E-state index < -0.39 is 0 Å². The fourth-order valence-electron chi connectivity index (χ4n) is 3.01. The van der Waals surface area contributed by atoms with Crippen molar-refractivity contribution in [2.45, 2.75) is 32.7 Å². The van der Waals surface area contributed by atoms with Gasteiger partial charge in [-0.1, -0.05) is 18.2 Å². The average molecular weight is 332 g/mol. The van der Waals surface area contributed by atoms with Crippen molar-refractivity contribution in [2.75, 3.05) is 37.6 Å². The molecular weight excluding hydrogens is 304 g/mol. The van der Waals surface area contributed by atoms with Crippen molar-refractivity contribution in [3.05, 3.63) is 30.3 Å². The Morgan fingerprint density at radius 1 is 1.21 bits per heavy atom. The number of hydrogen-bond donors (Lipinski definition) is 2. The first kappa shape index (κ1) is 18.1. The summed E-state index contributed by atoms with van der Waals surface area (Å²) in [6, 6.07) is 10.2. The van der Waals surface area contributed by atoms with E-state index in [0.717, 1.165) is 19.5 Å². The van der Waals surface area contributed by atoms with Crippen molar-refractivity contribution in [3.63, 3.8) is 0 Å². The second-order valence-corrected chi connectivity index (χ2v) is 5.98. The predicted octanol–water partition coefficient (Wildman–Crippen LogP) is 1.82. The number of nitrogens with zero attached hydrogens (tertiary/aromatic N) is 2. The van der Waals surface area contributed by atoms with Crippen LogP contribution in [0.3, 0.4) is 0 Å². The lowest BCUT2D eigenvalue weighted by Crippen LogP contribution is -2.44. The average Bonchev–Trinajstić information content (AvgIpc) is 3.05. The van der Waals surface area contributed by atoms with Crippen LogP contribution in [0.5, 0.6) is 0 Å². The summed E-state index contributed by atoms with van der Waals surface area (Å²) in [6.45, 7) is 7.46. The van der Waals surface area contributed by atoms with Gasteiger partial charge in [-0.2, -0.15) is 0 Å². The summed E-state index contributed by atoms with van der Waals surface area (Å²) in [5.74, 6) is 0.0800. The molecule has 1 aromatic rings. The first-order valence-electron chi connectivity index (χ1n) is 8.76. The van der Waals surface area contributed by atoms with Crippen LogP contribution in [0.1, 0.15) is 26.7 Å². The van der Waals surface area contributed by atoms with Gasteiger partial charge in [0.25, 0.3) is 0 Å². The van der Waals surface area contributed by atoms with Gasteiger partial charge in [0.2, 0.25) is 5.91 Å². The minimum atomic E-state index is -0.192. The van der Waals surface area contributed by atoms with Crippen LogP contribution in [0.15, 0.2) is 30.3 Å². The summed E-state index contributed by atoms with van der Waals surface area (Å²) in [6.07, 6.45) is 1.27. The van der Waals surface area contributed by atoms with Gasteiger partial charge in [0.05, 0.1) is 0 Å². The number of anilines is 1. The van der Waals surface area contributed by atoms with Crippen molar-refractivity contribution >= 4 is 17.6 Å². The maximum Gasteiger partial charge on any atom is 0.315 e. The molecule has 1 aliphatic heterocycles. The Kier molecular flexibility index (Phi) is 6.90. The Hall–Kier alpha value is -2.24. The number of rotatable bonds is 7. The molecule has 0 saturated carbocycles. The van der Waals surface area contributed by atoms with Crippen LogP contribution >= 0.6 is 0 Å². The predicted molar refractivity (Wildman–Crippen MR) is 96.1 cm³/mol. The summed E-state index contributed by atoms with van der Waals surface area (Å²) in [4.78, 5) is 27.9. The molecule has 132 valence electrons. The molecule has 2 rings (SSSR count). The van der Waals surface area contributed by atoms with Gasteiger partial charge in [0.1, 0.15) is 0 Å². The van der Waals surface area contributed by atoms with Crippen molar-refractivity contribution in [1.29, 1.82) is 0 Å². The molecule has 0 aliphatic carbocycles. The Bertz CT molecular complexity index is 531. The van der Waals surface area contributed by atoms with E-state index in [2.05, 4.69) is 27.7 Å². The van der Waals surface area contributed by atoms with Gasteiger partial charge in [0, 0.05) is 50.9 Å². The minimum Gasteiger partial charge on any atom is -0.369 e. The number of hydrogen-bond acceptors (Lipinski definition) is 3. The molecule has 1 unspecified atom stereocenters. The number of carbonyl (C=O) groups excluding carboxylic acids is 2. The van der Waals surface area contributed by atoms with Crippen LogP contribution in [-0.2, 0) is 4.79 Å². The summed E-state index contributed by atoms with van der Waals surface area (Å²) < 4.78 is 0. The van der Waals surface area contributed by atoms with E-state index in [-0.39, 0.29) is 18.0 Å². The Morgan fingerprint density at radius 3 is 2.58 bits per heavy atom. The van der Waals surface area contributed by atoms with E-state index in [0.29, 0.717) is 26.1 Å². The molecule has 1 fully saturated rings. The molecule has 6 nitrogen and oxygen atoms in total. The highest BCUT2D eigenvalue weighted by Crippen LogP contribution is 2.19. The van der Waals surface area contributed by atoms with Gasteiger partial charge >= 0.3 is 6.03 Å². The van der Waals surface area contributed by atoms with Gasteiger partial charge in [-0.15, -0.1) is 0 Å². The Morgan fingerprint density at radius 2 is 1.92 bits per heavy atom. The fraction of sp³-hybridized carbons (Fsp3) is 0.556. The van der Waals surface area contributed by atoms with E-state index in [4.69, 9.17) is 0 Å². The molecule has 1 aromatic carbocycles. The first-order chi connectivity index (χ1) is 11.6. The third-order valence-corrected chi connectivity index (χ3v) is 4.39. The monoisotopic (exact) mass is 332 g/mol. The van der Waals surface area contributed by atoms with Crippen LogP contribution in [0.25, 0.3) is 0 Å². The van der Waals surface area contributed by atoms with Crippen LogP contribution in [0, 0.1) is 0 Å². The lowest BCUT2D eigenvalue weighted by Gasteiger charge is -2.20. The zero-order valence-corrected chi connectivity index (χ0v) is 14.6. The van der Waals surface area contributed by atoms with Crippen molar-refractivity contribution in [2.24, 2.45) is 0 Å². The molecule has 3 amide bonds. The molecule has 6 heteroatoms. The maximum atomic E-state index is 12.0. The van der Waals surface area contributed by atoms with Crippen LogP contribution in [0.2, 0.25) is 0 Å². The van der Waals surface area contributed by atoms with Gasteiger partial charge in [-0.05, 0) is 32.4 Å². The molecular formula is C18H28N4O2. The van der Waals surface area contributed by atoms with Gasteiger partial charge in [-0.3, -0.25) is 4.79 Å². The standard InChI is InChI=1S/C18H28N4O2/c1-3-21(4-2)17(23)10-12-19-18(24)20-15-11-13-22(14-15)16-8-6-5-7-9-16/h5-9,15H,3-4,10-14H2,1-2H3,(H2,19,20,24). The molecule has 2 N–H and O–H groups in total. The SMILES string of the molecule is CCN(CC)C(=O)CCNC(=O)NC1CCN(c2ccccc2)C1. The summed E-state index contributed by atoms with van der Waals surface area (Å²) in [5, 5.41) is 5.77. The number of nitrogens with one attached hydrogen (secondary N) is 2. The van der Waals surface area contributed by atoms with Gasteiger partial charge in [-0.25, -0.2) is 4.79 Å². The normalized spacial score (nSPS) is 16.8. The molecule has 24 heavy (non-hydrogen) atoms. The second-order valence-electron chi connectivity index (χ2n) is 5.98. The molecule has 0 aromatic heterocycles. The van der Waals surface area contributed by atoms with E-state index >= 15 is 0 Å². The smallest absolute Gasteiger partial charge is 0.315 e. The van der Waals surface area contributed by atoms with E-state index in [1.807, 2.05) is 32.0 Å². The molecule has 0 spiro atoms. The highest BCUT2D eigenvalue weighted by Gasteiger charge is 2.23. The van der Waals surface area contributed by atoms with Gasteiger partial charge in [0.15, 0.2) is 0 Å². The molecule has 1 aliphatic rings. The van der Waals surface area contributed by atoms with Crippen molar-refractivity contribution in [1.82, 2.24) is 15.5 Å². The number of benzene rings is 1. The van der Waals surface area contributed by atoms with Crippen molar-refractivity contribution < 1.29 is 9.59 Å². The van der Waals surface area contributed by atoms with E-state index in [1.54, 1.807) is 4.90 Å². The molecule has 1 saturated heterocycles. The Labute approximate surface area is 144 Å². The summed E-state index contributed by atoms with van der Waals surface area (Å²) in [5.41, 5.74) is 1.19. The minimum absolute atomic E-state index is 0.0800. The first-order valence-corrected chi connectivity index (χ1v) is 8.76. The maximum absolute atomic E-state index is 12.0. The van der Waals surface area contributed by atoms with Gasteiger partial charge < -0.3 is 20.4 Å². The lowest BCUT2D eigenvalue weighted by molar-refractivity contribution is -0.130. The summed E-state index contributed by atoms with van der Waals surface area (Å²) in [7, 11) is 0. The quantitative estimate of drug-likeness (QED) is 0.800. The van der Waals surface area contributed by atoms with Crippen LogP contribution in [0.4, 0.5) is 10.5 Å². The number of carbonyl (C=O) groups is 2. The highest BCUT2D eigenvalue weighted by molar-refractivity contribution is 5.78. The zero-order valence-electron chi connectivity index (χ0n) is 14.6. The van der Waals surface area contributed by atoms with Crippen LogP contribution < -0.4 is 15.5 Å². The number of amides is 3.